The molecule has 1 unspecified atom stereocenters. The largest absolute Gasteiger partial charge is 0.380 e. The summed E-state index contributed by atoms with van der Waals surface area (Å²) >= 11 is 0. The van der Waals surface area contributed by atoms with E-state index in [1.54, 1.807) is 17.7 Å². The topological polar surface area (TPSA) is 69.8 Å². The molecule has 164 valence electrons. The van der Waals surface area contributed by atoms with E-state index in [2.05, 4.69) is 17.6 Å². The van der Waals surface area contributed by atoms with Crippen molar-refractivity contribution >= 4 is 5.69 Å². The first-order valence-corrected chi connectivity index (χ1v) is 11.0. The number of pyridine rings is 1. The predicted octanol–water partition coefficient (Wildman–Crippen LogP) is 4.31. The molecule has 4 rings (SSSR count). The molecule has 0 radical (unpaired) electrons. The van der Waals surface area contributed by atoms with Crippen molar-refractivity contribution in [3.05, 3.63) is 75.8 Å². The van der Waals surface area contributed by atoms with Crippen LogP contribution in [0.15, 0.2) is 53.3 Å². The second kappa shape index (κ2) is 9.37. The predicted molar refractivity (Wildman–Crippen MR) is 126 cm³/mol. The van der Waals surface area contributed by atoms with Crippen LogP contribution >= 0.6 is 0 Å². The Morgan fingerprint density at radius 3 is 2.56 bits per heavy atom. The van der Waals surface area contributed by atoms with Gasteiger partial charge in [0.15, 0.2) is 0 Å². The van der Waals surface area contributed by atoms with Crippen LogP contribution in [0.5, 0.6) is 0 Å². The van der Waals surface area contributed by atoms with Crippen LogP contribution in [0.25, 0.3) is 22.4 Å². The number of nitrogens with one attached hydrogen (secondary N) is 2. The zero-order valence-corrected chi connectivity index (χ0v) is 18.4. The van der Waals surface area contributed by atoms with E-state index < -0.39 is 5.82 Å². The van der Waals surface area contributed by atoms with Gasteiger partial charge in [0.2, 0.25) is 0 Å². The fourth-order valence-electron chi connectivity index (χ4n) is 4.25. The lowest BCUT2D eigenvalue weighted by Gasteiger charge is -2.19. The summed E-state index contributed by atoms with van der Waals surface area (Å²) in [6.45, 7) is 4.72. The van der Waals surface area contributed by atoms with Crippen LogP contribution < -0.4 is 16.2 Å². The van der Waals surface area contributed by atoms with E-state index in [1.165, 1.54) is 17.7 Å². The molecule has 2 N–H and O–H groups in total. The van der Waals surface area contributed by atoms with Crippen LogP contribution in [0.3, 0.4) is 0 Å². The van der Waals surface area contributed by atoms with Crippen LogP contribution in [0.4, 0.5) is 10.1 Å². The minimum atomic E-state index is -0.572. The zero-order chi connectivity index (χ0) is 22.7. The molecule has 1 fully saturated rings. The third-order valence-electron chi connectivity index (χ3n) is 6.19. The smallest absolute Gasteiger partial charge is 0.274 e. The van der Waals surface area contributed by atoms with Crippen molar-refractivity contribution in [1.29, 1.82) is 5.26 Å². The summed E-state index contributed by atoms with van der Waals surface area (Å²) in [5.74, 6) is -0.102. The number of aromatic nitrogens is 1. The highest BCUT2D eigenvalue weighted by Crippen LogP contribution is 2.33. The molecule has 3 aromatic rings. The number of benzene rings is 2. The lowest BCUT2D eigenvalue weighted by atomic mass is 9.96. The van der Waals surface area contributed by atoms with Crippen molar-refractivity contribution in [3.63, 3.8) is 0 Å². The van der Waals surface area contributed by atoms with Crippen molar-refractivity contribution in [2.45, 2.75) is 19.8 Å². The molecule has 2 aromatic carbocycles. The minimum Gasteiger partial charge on any atom is -0.380 e. The maximum atomic E-state index is 14.5. The van der Waals surface area contributed by atoms with Crippen molar-refractivity contribution in [2.75, 3.05) is 25.0 Å². The summed E-state index contributed by atoms with van der Waals surface area (Å²) in [5, 5.41) is 15.8. The second-order valence-corrected chi connectivity index (χ2v) is 8.28. The van der Waals surface area contributed by atoms with Crippen molar-refractivity contribution in [2.24, 2.45) is 13.0 Å². The van der Waals surface area contributed by atoms with Gasteiger partial charge in [0.05, 0.1) is 11.3 Å². The zero-order valence-electron chi connectivity index (χ0n) is 18.4. The van der Waals surface area contributed by atoms with Gasteiger partial charge in [-0.25, -0.2) is 4.39 Å². The van der Waals surface area contributed by atoms with Crippen LogP contribution in [-0.2, 0) is 13.5 Å². The second-order valence-electron chi connectivity index (χ2n) is 8.28. The van der Waals surface area contributed by atoms with E-state index in [0.29, 0.717) is 23.7 Å². The molecular formula is C26H27FN4O. The van der Waals surface area contributed by atoms with Crippen LogP contribution in [-0.4, -0.2) is 24.2 Å². The van der Waals surface area contributed by atoms with E-state index >= 15 is 0 Å². The molecule has 0 spiro atoms. The third kappa shape index (κ3) is 4.30. The summed E-state index contributed by atoms with van der Waals surface area (Å²) in [6, 6.07) is 16.3. The molecule has 0 amide bonds. The summed E-state index contributed by atoms with van der Waals surface area (Å²) in [6.07, 6.45) is 1.99. The van der Waals surface area contributed by atoms with E-state index in [1.807, 2.05) is 36.4 Å². The number of anilines is 1. The van der Waals surface area contributed by atoms with Gasteiger partial charge >= 0.3 is 0 Å². The first-order valence-electron chi connectivity index (χ1n) is 11.0. The summed E-state index contributed by atoms with van der Waals surface area (Å²) < 4.78 is 16.1. The quantitative estimate of drug-likeness (QED) is 0.611. The molecule has 1 saturated heterocycles. The first-order chi connectivity index (χ1) is 15.5. The SMILES string of the molecule is CCc1ccc(-c2c(-c3ccc(C#N)c(F)c3)cc(NCC3CCNC3)c(=O)n2C)cc1. The minimum absolute atomic E-state index is 0.000462. The third-order valence-corrected chi connectivity index (χ3v) is 6.19. The Kier molecular flexibility index (Phi) is 6.38. The van der Waals surface area contributed by atoms with Gasteiger partial charge in [-0.3, -0.25) is 4.79 Å². The number of aryl methyl sites for hydroxylation is 1. The molecule has 1 atom stereocenters. The highest BCUT2D eigenvalue weighted by atomic mass is 19.1. The van der Waals surface area contributed by atoms with E-state index in [4.69, 9.17) is 5.26 Å². The molecule has 0 bridgehead atoms. The molecule has 1 aromatic heterocycles. The molecule has 5 nitrogen and oxygen atoms in total. The maximum absolute atomic E-state index is 14.5. The molecule has 1 aliphatic rings. The molecule has 1 aliphatic heterocycles. The lowest BCUT2D eigenvalue weighted by molar-refractivity contribution is 0.614. The standard InChI is InChI=1S/C26H27FN4O/c1-3-17-4-6-19(7-5-17)25-22(20-8-9-21(14-28)23(27)12-20)13-24(26(32)31(25)2)30-16-18-10-11-29-15-18/h4-9,12-13,18,29-30H,3,10-11,15-16H2,1-2H3. The van der Waals surface area contributed by atoms with Crippen molar-refractivity contribution < 1.29 is 4.39 Å². The van der Waals surface area contributed by atoms with Crippen LogP contribution in [0.1, 0.15) is 24.5 Å². The Morgan fingerprint density at radius 1 is 1.19 bits per heavy atom. The van der Waals surface area contributed by atoms with E-state index in [0.717, 1.165) is 42.8 Å². The Bertz CT molecular complexity index is 1220. The average molecular weight is 431 g/mol. The summed E-state index contributed by atoms with van der Waals surface area (Å²) in [7, 11) is 1.75. The molecular weight excluding hydrogens is 403 g/mol. The number of hydrogen-bond acceptors (Lipinski definition) is 4. The lowest BCUT2D eigenvalue weighted by Crippen LogP contribution is -2.26. The van der Waals surface area contributed by atoms with Gasteiger partial charge in [-0.05, 0) is 66.7 Å². The maximum Gasteiger partial charge on any atom is 0.274 e. The Labute approximate surface area is 187 Å². The molecule has 2 heterocycles. The fourth-order valence-corrected chi connectivity index (χ4v) is 4.25. The number of rotatable bonds is 6. The molecule has 0 aliphatic carbocycles. The van der Waals surface area contributed by atoms with Crippen molar-refractivity contribution in [1.82, 2.24) is 9.88 Å². The number of halogens is 1. The fraction of sp³-hybridized carbons (Fsp3) is 0.308. The first kappa shape index (κ1) is 21.8. The Morgan fingerprint density at radius 2 is 1.94 bits per heavy atom. The van der Waals surface area contributed by atoms with Gasteiger partial charge in [-0.15, -0.1) is 0 Å². The van der Waals surface area contributed by atoms with Gasteiger partial charge in [0, 0.05) is 19.2 Å². The highest BCUT2D eigenvalue weighted by Gasteiger charge is 2.19. The Balaban J connectivity index is 1.85. The van der Waals surface area contributed by atoms with Gasteiger partial charge in [-0.1, -0.05) is 37.3 Å². The van der Waals surface area contributed by atoms with Gasteiger partial charge < -0.3 is 15.2 Å². The number of nitriles is 1. The molecule has 0 saturated carbocycles. The van der Waals surface area contributed by atoms with Gasteiger partial charge in [-0.2, -0.15) is 5.26 Å². The number of nitrogens with zero attached hydrogens (tertiary/aromatic N) is 2. The molecule has 32 heavy (non-hydrogen) atoms. The van der Waals surface area contributed by atoms with Gasteiger partial charge in [0.25, 0.3) is 5.56 Å². The Hall–Kier alpha value is -3.43. The van der Waals surface area contributed by atoms with E-state index in [-0.39, 0.29) is 11.1 Å². The molecule has 6 heteroatoms. The van der Waals surface area contributed by atoms with Crippen molar-refractivity contribution in [3.8, 4) is 28.5 Å². The number of hydrogen-bond donors (Lipinski definition) is 2. The summed E-state index contributed by atoms with van der Waals surface area (Å²) in [4.78, 5) is 13.2. The van der Waals surface area contributed by atoms with Crippen LogP contribution in [0.2, 0.25) is 0 Å². The average Bonchev–Trinajstić information content (AvgIpc) is 3.33. The van der Waals surface area contributed by atoms with Gasteiger partial charge in [0.1, 0.15) is 17.6 Å². The normalized spacial score (nSPS) is 15.5. The summed E-state index contributed by atoms with van der Waals surface area (Å²) in [5.41, 5.74) is 4.54. The van der Waals surface area contributed by atoms with E-state index in [9.17, 15) is 9.18 Å². The highest BCUT2D eigenvalue weighted by molar-refractivity contribution is 5.83. The monoisotopic (exact) mass is 430 g/mol. The van der Waals surface area contributed by atoms with Crippen LogP contribution in [0, 0.1) is 23.1 Å².